The highest BCUT2D eigenvalue weighted by molar-refractivity contribution is 6.04. The lowest BCUT2D eigenvalue weighted by Gasteiger charge is -2.09. The summed E-state index contributed by atoms with van der Waals surface area (Å²) >= 11 is 0. The molecule has 0 spiro atoms. The minimum absolute atomic E-state index is 0.215. The number of oxazole rings is 1. The molecule has 0 saturated heterocycles. The molecule has 1 atom stereocenters. The molecule has 1 heterocycles. The molecule has 0 aliphatic heterocycles. The summed E-state index contributed by atoms with van der Waals surface area (Å²) in [4.78, 5) is 17.7. The van der Waals surface area contributed by atoms with Crippen LogP contribution in [0, 0.1) is 0 Å². The number of fused-ring (bicyclic) bond motifs is 1. The van der Waals surface area contributed by atoms with Crippen LogP contribution >= 0.6 is 0 Å². The number of benzene rings is 4. The molecule has 4 aromatic carbocycles. The van der Waals surface area contributed by atoms with Crippen molar-refractivity contribution in [2.24, 2.45) is 0 Å². The summed E-state index contributed by atoms with van der Waals surface area (Å²) in [6.07, 6.45) is 1.07. The summed E-state index contributed by atoms with van der Waals surface area (Å²) in [5.41, 5.74) is 5.89. The van der Waals surface area contributed by atoms with E-state index < -0.39 is 0 Å². The molecular weight excluding hydrogens is 448 g/mol. The molecular formula is C31H28N2O3. The highest BCUT2D eigenvalue weighted by atomic mass is 16.5. The predicted molar refractivity (Wildman–Crippen MR) is 143 cm³/mol. The Hall–Kier alpha value is -4.38. The van der Waals surface area contributed by atoms with Crippen LogP contribution in [0.1, 0.15) is 47.7 Å². The molecule has 0 aliphatic rings. The quantitative estimate of drug-likeness (QED) is 0.248. The number of anilines is 1. The molecule has 0 saturated carbocycles. The van der Waals surface area contributed by atoms with Gasteiger partial charge in [-0.25, -0.2) is 4.98 Å². The Morgan fingerprint density at radius 2 is 1.78 bits per heavy atom. The highest BCUT2D eigenvalue weighted by Crippen LogP contribution is 2.29. The van der Waals surface area contributed by atoms with E-state index in [4.69, 9.17) is 14.1 Å². The van der Waals surface area contributed by atoms with Crippen molar-refractivity contribution < 1.29 is 13.9 Å². The summed E-state index contributed by atoms with van der Waals surface area (Å²) in [5.74, 6) is 1.42. The Bertz CT molecular complexity index is 1490. The molecule has 0 bridgehead atoms. The first kappa shape index (κ1) is 23.4. The zero-order chi connectivity index (χ0) is 24.9. The van der Waals surface area contributed by atoms with Crippen molar-refractivity contribution in [3.63, 3.8) is 0 Å². The molecule has 1 amide bonds. The van der Waals surface area contributed by atoms with Crippen LogP contribution < -0.4 is 10.1 Å². The minimum atomic E-state index is -0.215. The average Bonchev–Trinajstić information content (AvgIpc) is 3.36. The topological polar surface area (TPSA) is 64.4 Å². The summed E-state index contributed by atoms with van der Waals surface area (Å²) < 4.78 is 11.9. The molecule has 5 aromatic rings. The third-order valence-electron chi connectivity index (χ3n) is 6.30. The molecule has 36 heavy (non-hydrogen) atoms. The van der Waals surface area contributed by atoms with Gasteiger partial charge in [-0.1, -0.05) is 62.4 Å². The van der Waals surface area contributed by atoms with Gasteiger partial charge in [-0.3, -0.25) is 4.79 Å². The number of rotatable bonds is 8. The van der Waals surface area contributed by atoms with Crippen LogP contribution in [-0.4, -0.2) is 10.9 Å². The smallest absolute Gasteiger partial charge is 0.255 e. The van der Waals surface area contributed by atoms with Gasteiger partial charge in [0.25, 0.3) is 5.91 Å². The standard InChI is InChI=1S/C31H28N2O3/c1-3-21(2)23-15-16-29-28(19-23)33-31(36-29)25-12-7-13-26(17-25)32-30(34)24-11-8-14-27(18-24)35-20-22-9-5-4-6-10-22/h4-19,21H,3,20H2,1-2H3,(H,32,34). The van der Waals surface area contributed by atoms with E-state index in [0.29, 0.717) is 35.4 Å². The Morgan fingerprint density at radius 3 is 2.61 bits per heavy atom. The number of hydrogen-bond acceptors (Lipinski definition) is 4. The molecule has 0 aliphatic carbocycles. The zero-order valence-electron chi connectivity index (χ0n) is 20.4. The molecule has 180 valence electrons. The fraction of sp³-hybridized carbons (Fsp3) is 0.161. The SMILES string of the molecule is CCC(C)c1ccc2oc(-c3cccc(NC(=O)c4cccc(OCc5ccccc5)c4)c3)nc2c1. The molecule has 0 fully saturated rings. The predicted octanol–water partition coefficient (Wildman–Crippen LogP) is 7.84. The van der Waals surface area contributed by atoms with Crippen molar-refractivity contribution in [1.82, 2.24) is 4.98 Å². The number of carbonyl (C=O) groups excluding carboxylic acids is 1. The van der Waals surface area contributed by atoms with Gasteiger partial charge in [0.2, 0.25) is 5.89 Å². The van der Waals surface area contributed by atoms with E-state index in [9.17, 15) is 4.79 Å². The molecule has 1 N–H and O–H groups in total. The minimum Gasteiger partial charge on any atom is -0.489 e. The van der Waals surface area contributed by atoms with Gasteiger partial charge in [0.05, 0.1) is 0 Å². The summed E-state index contributed by atoms with van der Waals surface area (Å²) in [7, 11) is 0. The van der Waals surface area contributed by atoms with E-state index in [1.165, 1.54) is 5.56 Å². The number of carbonyl (C=O) groups is 1. The third-order valence-corrected chi connectivity index (χ3v) is 6.30. The highest BCUT2D eigenvalue weighted by Gasteiger charge is 2.13. The fourth-order valence-corrected chi connectivity index (χ4v) is 4.01. The van der Waals surface area contributed by atoms with Crippen molar-refractivity contribution in [2.75, 3.05) is 5.32 Å². The van der Waals surface area contributed by atoms with Crippen LogP contribution in [-0.2, 0) is 6.61 Å². The van der Waals surface area contributed by atoms with Gasteiger partial charge in [0.1, 0.15) is 17.9 Å². The first-order valence-electron chi connectivity index (χ1n) is 12.2. The van der Waals surface area contributed by atoms with Crippen LogP contribution in [0.15, 0.2) is 101 Å². The van der Waals surface area contributed by atoms with E-state index >= 15 is 0 Å². The Morgan fingerprint density at radius 1 is 0.944 bits per heavy atom. The molecule has 1 aromatic heterocycles. The van der Waals surface area contributed by atoms with Crippen LogP contribution in [0.3, 0.4) is 0 Å². The number of amides is 1. The van der Waals surface area contributed by atoms with Crippen molar-refractivity contribution in [2.45, 2.75) is 32.8 Å². The van der Waals surface area contributed by atoms with E-state index in [1.54, 1.807) is 12.1 Å². The second kappa shape index (κ2) is 10.5. The Kier molecular flexibility index (Phi) is 6.80. The van der Waals surface area contributed by atoms with Crippen LogP contribution in [0.2, 0.25) is 0 Å². The van der Waals surface area contributed by atoms with E-state index in [0.717, 1.165) is 28.6 Å². The number of ether oxygens (including phenoxy) is 1. The third kappa shape index (κ3) is 5.31. The van der Waals surface area contributed by atoms with Gasteiger partial charge in [-0.05, 0) is 72.0 Å². The number of nitrogens with one attached hydrogen (secondary N) is 1. The van der Waals surface area contributed by atoms with Gasteiger partial charge in [0, 0.05) is 16.8 Å². The number of aromatic nitrogens is 1. The monoisotopic (exact) mass is 476 g/mol. The summed E-state index contributed by atoms with van der Waals surface area (Å²) in [6, 6.07) is 30.8. The van der Waals surface area contributed by atoms with E-state index in [2.05, 4.69) is 31.3 Å². The van der Waals surface area contributed by atoms with Gasteiger partial charge < -0.3 is 14.5 Å². The first-order valence-corrected chi connectivity index (χ1v) is 12.2. The van der Waals surface area contributed by atoms with Crippen LogP contribution in [0.5, 0.6) is 5.75 Å². The maximum atomic E-state index is 13.0. The van der Waals surface area contributed by atoms with Crippen molar-refractivity contribution >= 4 is 22.7 Å². The number of hydrogen-bond donors (Lipinski definition) is 1. The average molecular weight is 477 g/mol. The lowest BCUT2D eigenvalue weighted by molar-refractivity contribution is 0.102. The van der Waals surface area contributed by atoms with Gasteiger partial charge in [-0.15, -0.1) is 0 Å². The second-order valence-corrected chi connectivity index (χ2v) is 8.89. The summed E-state index contributed by atoms with van der Waals surface area (Å²) in [6.45, 7) is 4.83. The number of nitrogens with zero attached hydrogens (tertiary/aromatic N) is 1. The summed E-state index contributed by atoms with van der Waals surface area (Å²) in [5, 5.41) is 2.97. The molecule has 5 rings (SSSR count). The van der Waals surface area contributed by atoms with Crippen molar-refractivity contribution in [1.29, 1.82) is 0 Å². The van der Waals surface area contributed by atoms with Gasteiger partial charge in [0.15, 0.2) is 5.58 Å². The second-order valence-electron chi connectivity index (χ2n) is 8.89. The van der Waals surface area contributed by atoms with Crippen LogP contribution in [0.25, 0.3) is 22.6 Å². The molecule has 0 radical (unpaired) electrons. The Labute approximate surface area is 210 Å². The normalized spacial score (nSPS) is 11.8. The van der Waals surface area contributed by atoms with E-state index in [1.807, 2.05) is 72.8 Å². The lowest BCUT2D eigenvalue weighted by Crippen LogP contribution is -2.12. The molecule has 5 nitrogen and oxygen atoms in total. The molecule has 1 unspecified atom stereocenters. The van der Waals surface area contributed by atoms with Crippen molar-refractivity contribution in [3.05, 3.63) is 114 Å². The largest absolute Gasteiger partial charge is 0.489 e. The first-order chi connectivity index (χ1) is 17.6. The maximum absolute atomic E-state index is 13.0. The van der Waals surface area contributed by atoms with Gasteiger partial charge in [-0.2, -0.15) is 0 Å². The Balaban J connectivity index is 1.30. The van der Waals surface area contributed by atoms with E-state index in [-0.39, 0.29) is 5.91 Å². The van der Waals surface area contributed by atoms with Gasteiger partial charge >= 0.3 is 0 Å². The lowest BCUT2D eigenvalue weighted by atomic mass is 9.98. The maximum Gasteiger partial charge on any atom is 0.255 e. The molecule has 5 heteroatoms. The zero-order valence-corrected chi connectivity index (χ0v) is 20.4. The van der Waals surface area contributed by atoms with Crippen molar-refractivity contribution in [3.8, 4) is 17.2 Å². The van der Waals surface area contributed by atoms with Crippen LogP contribution in [0.4, 0.5) is 5.69 Å². The fourth-order valence-electron chi connectivity index (χ4n) is 4.01.